The molecule has 0 aliphatic heterocycles. The zero-order chi connectivity index (χ0) is 17.0. The SMILES string of the molecule is N=C(N)NC(=N)N.NC(N)=NC(N)=NCCc1ccccc1. The van der Waals surface area contributed by atoms with Gasteiger partial charge >= 0.3 is 0 Å². The van der Waals surface area contributed by atoms with Crippen LogP contribution in [0.3, 0.4) is 0 Å². The molecule has 0 aliphatic carbocycles. The summed E-state index contributed by atoms with van der Waals surface area (Å²) in [6.45, 7) is 0.576. The van der Waals surface area contributed by atoms with E-state index in [9.17, 15) is 0 Å². The molecule has 0 amide bonds. The van der Waals surface area contributed by atoms with Crippen LogP contribution in [0.4, 0.5) is 0 Å². The van der Waals surface area contributed by atoms with Crippen LogP contribution in [0.5, 0.6) is 0 Å². The van der Waals surface area contributed by atoms with Gasteiger partial charge in [-0.3, -0.25) is 21.1 Å². The van der Waals surface area contributed by atoms with E-state index < -0.39 is 0 Å². The van der Waals surface area contributed by atoms with E-state index in [-0.39, 0.29) is 23.8 Å². The van der Waals surface area contributed by atoms with Crippen LogP contribution in [0, 0.1) is 10.8 Å². The first-order chi connectivity index (χ1) is 10.3. The third kappa shape index (κ3) is 11.8. The quantitative estimate of drug-likeness (QED) is 0.237. The Morgan fingerprint density at radius 1 is 0.955 bits per heavy atom. The molecule has 0 spiro atoms. The number of benzene rings is 1. The molecular formula is C12H22N10. The minimum atomic E-state index is -0.312. The lowest BCUT2D eigenvalue weighted by atomic mass is 10.2. The first kappa shape index (κ1) is 18.7. The highest BCUT2D eigenvalue weighted by molar-refractivity contribution is 5.94. The highest BCUT2D eigenvalue weighted by Gasteiger charge is 1.91. The van der Waals surface area contributed by atoms with Crippen LogP contribution >= 0.6 is 0 Å². The molecule has 1 aromatic carbocycles. The average Bonchev–Trinajstić information content (AvgIpc) is 2.38. The number of nitrogens with one attached hydrogen (secondary N) is 3. The summed E-state index contributed by atoms with van der Waals surface area (Å²) in [6.07, 6.45) is 0.821. The highest BCUT2D eigenvalue weighted by Crippen LogP contribution is 1.99. The number of hydrogen-bond acceptors (Lipinski definition) is 3. The Kier molecular flexibility index (Phi) is 8.91. The van der Waals surface area contributed by atoms with Crippen LogP contribution in [0.2, 0.25) is 0 Å². The van der Waals surface area contributed by atoms with E-state index >= 15 is 0 Å². The Hall–Kier alpha value is -3.30. The molecule has 13 N–H and O–H groups in total. The van der Waals surface area contributed by atoms with Gasteiger partial charge in [0.1, 0.15) is 0 Å². The average molecular weight is 306 g/mol. The first-order valence-corrected chi connectivity index (χ1v) is 6.19. The molecule has 1 aromatic rings. The Bertz CT molecular complexity index is 518. The summed E-state index contributed by atoms with van der Waals surface area (Å²) in [5.41, 5.74) is 26.4. The van der Waals surface area contributed by atoms with Gasteiger partial charge in [0.25, 0.3) is 0 Å². The van der Waals surface area contributed by atoms with Gasteiger partial charge in [0, 0.05) is 6.54 Å². The smallest absolute Gasteiger partial charge is 0.218 e. The van der Waals surface area contributed by atoms with Crippen LogP contribution in [0.25, 0.3) is 0 Å². The molecular weight excluding hydrogens is 284 g/mol. The van der Waals surface area contributed by atoms with Crippen molar-refractivity contribution in [2.45, 2.75) is 6.42 Å². The molecule has 10 heteroatoms. The third-order valence-electron chi connectivity index (χ3n) is 2.03. The molecule has 0 fully saturated rings. The van der Waals surface area contributed by atoms with Crippen molar-refractivity contribution in [1.82, 2.24) is 5.32 Å². The molecule has 0 saturated heterocycles. The van der Waals surface area contributed by atoms with E-state index in [0.29, 0.717) is 6.54 Å². The van der Waals surface area contributed by atoms with Gasteiger partial charge in [-0.25, -0.2) is 0 Å². The third-order valence-corrected chi connectivity index (χ3v) is 2.03. The fourth-order valence-electron chi connectivity index (χ4n) is 1.26. The van der Waals surface area contributed by atoms with Crippen molar-refractivity contribution in [3.05, 3.63) is 35.9 Å². The molecule has 0 radical (unpaired) electrons. The monoisotopic (exact) mass is 306 g/mol. The molecule has 0 bridgehead atoms. The van der Waals surface area contributed by atoms with Gasteiger partial charge in [0.05, 0.1) is 0 Å². The summed E-state index contributed by atoms with van der Waals surface area (Å²) in [5, 5.41) is 15.0. The second kappa shape index (κ2) is 10.5. The molecule has 0 saturated carbocycles. The van der Waals surface area contributed by atoms with Gasteiger partial charge in [-0.1, -0.05) is 30.3 Å². The fraction of sp³-hybridized carbons (Fsp3) is 0.167. The van der Waals surface area contributed by atoms with E-state index in [0.717, 1.165) is 6.42 Å². The number of aliphatic imine (C=N–C) groups is 2. The first-order valence-electron chi connectivity index (χ1n) is 6.19. The summed E-state index contributed by atoms with van der Waals surface area (Å²) in [6, 6.07) is 10.0. The Labute approximate surface area is 128 Å². The van der Waals surface area contributed by atoms with E-state index in [1.54, 1.807) is 0 Å². The summed E-state index contributed by atoms with van der Waals surface area (Å²) in [4.78, 5) is 7.62. The Balaban J connectivity index is 0.000000534. The van der Waals surface area contributed by atoms with E-state index in [4.69, 9.17) is 39.5 Å². The van der Waals surface area contributed by atoms with Gasteiger partial charge in [0.15, 0.2) is 17.9 Å². The number of guanidine groups is 4. The Morgan fingerprint density at radius 2 is 1.50 bits per heavy atom. The minimum absolute atomic E-state index is 0.0732. The van der Waals surface area contributed by atoms with Gasteiger partial charge in [-0.15, -0.1) is 0 Å². The standard InChI is InChI=1S/C10H15N5.C2H7N5/c11-9(12)15-10(13)14-7-6-8-4-2-1-3-5-8;3-1(4)7-2(5)6/h1-5H,6-7H2,(H6,11,12,13,14,15);(H7,3,4,5,6,7). The van der Waals surface area contributed by atoms with Crippen LogP contribution in [-0.4, -0.2) is 30.4 Å². The van der Waals surface area contributed by atoms with Gasteiger partial charge in [-0.05, 0) is 12.0 Å². The molecule has 0 heterocycles. The highest BCUT2D eigenvalue weighted by atomic mass is 15.1. The van der Waals surface area contributed by atoms with Crippen molar-refractivity contribution >= 4 is 23.8 Å². The van der Waals surface area contributed by atoms with E-state index in [1.165, 1.54) is 5.56 Å². The lowest BCUT2D eigenvalue weighted by Crippen LogP contribution is -2.39. The molecule has 10 nitrogen and oxygen atoms in total. The number of rotatable bonds is 3. The number of nitrogens with zero attached hydrogens (tertiary/aromatic N) is 2. The number of hydrogen-bond donors (Lipinski definition) is 8. The summed E-state index contributed by atoms with van der Waals surface area (Å²) >= 11 is 0. The number of nitrogens with two attached hydrogens (primary N) is 5. The maximum Gasteiger partial charge on any atom is 0.218 e. The fourth-order valence-corrected chi connectivity index (χ4v) is 1.26. The normalized spacial score (nSPS) is 9.91. The molecule has 0 aliphatic rings. The van der Waals surface area contributed by atoms with Gasteiger partial charge < -0.3 is 28.7 Å². The van der Waals surface area contributed by atoms with Crippen molar-refractivity contribution in [2.24, 2.45) is 38.7 Å². The van der Waals surface area contributed by atoms with Crippen molar-refractivity contribution in [3.8, 4) is 0 Å². The van der Waals surface area contributed by atoms with Crippen molar-refractivity contribution < 1.29 is 0 Å². The van der Waals surface area contributed by atoms with Gasteiger partial charge in [0.2, 0.25) is 5.96 Å². The van der Waals surface area contributed by atoms with Crippen LogP contribution in [0.1, 0.15) is 5.56 Å². The molecule has 0 atom stereocenters. The minimum Gasteiger partial charge on any atom is -0.370 e. The van der Waals surface area contributed by atoms with Gasteiger partial charge in [-0.2, -0.15) is 4.99 Å². The largest absolute Gasteiger partial charge is 0.370 e. The molecule has 120 valence electrons. The molecule has 0 aromatic heterocycles. The topological polar surface area (TPSA) is 215 Å². The Morgan fingerprint density at radius 3 is 1.91 bits per heavy atom. The van der Waals surface area contributed by atoms with Crippen molar-refractivity contribution in [1.29, 1.82) is 10.8 Å². The summed E-state index contributed by atoms with van der Waals surface area (Å²) in [7, 11) is 0. The van der Waals surface area contributed by atoms with E-state index in [1.807, 2.05) is 35.6 Å². The van der Waals surface area contributed by atoms with Crippen molar-refractivity contribution in [3.63, 3.8) is 0 Å². The molecule has 0 unspecified atom stereocenters. The lowest BCUT2D eigenvalue weighted by molar-refractivity contribution is 0.962. The zero-order valence-corrected chi connectivity index (χ0v) is 12.1. The molecule has 22 heavy (non-hydrogen) atoms. The lowest BCUT2D eigenvalue weighted by Gasteiger charge is -1.97. The van der Waals surface area contributed by atoms with Crippen LogP contribution in [0.15, 0.2) is 40.3 Å². The zero-order valence-electron chi connectivity index (χ0n) is 12.1. The molecule has 1 rings (SSSR count). The predicted octanol–water partition coefficient (Wildman–Crippen LogP) is -1.82. The maximum atomic E-state index is 6.47. The second-order valence-corrected chi connectivity index (χ2v) is 3.96. The maximum absolute atomic E-state index is 6.47. The van der Waals surface area contributed by atoms with Crippen LogP contribution < -0.4 is 34.0 Å². The summed E-state index contributed by atoms with van der Waals surface area (Å²) < 4.78 is 0. The van der Waals surface area contributed by atoms with Crippen molar-refractivity contribution in [2.75, 3.05) is 6.54 Å². The van der Waals surface area contributed by atoms with Crippen LogP contribution in [-0.2, 0) is 6.42 Å². The second-order valence-electron chi connectivity index (χ2n) is 3.96. The van der Waals surface area contributed by atoms with E-state index in [2.05, 4.69) is 9.98 Å². The summed E-state index contributed by atoms with van der Waals surface area (Å²) in [5.74, 6) is -0.582. The predicted molar refractivity (Wildman–Crippen MR) is 89.4 cm³/mol.